The molecule has 7 aliphatic rings. The van der Waals surface area contributed by atoms with E-state index in [4.69, 9.17) is 61.6 Å². The van der Waals surface area contributed by atoms with Crippen LogP contribution >= 0.6 is 0 Å². The summed E-state index contributed by atoms with van der Waals surface area (Å²) in [5.74, 6) is -3.28. The third kappa shape index (κ3) is 16.3. The lowest BCUT2D eigenvalue weighted by Crippen LogP contribution is -2.71. The fraction of sp³-hybridized carbons (Fsp3) is 0.920. The number of hydrogen-bond donors (Lipinski definition) is 23. The van der Waals surface area contributed by atoms with E-state index in [0.717, 1.165) is 27.7 Å². The fourth-order valence-corrected chi connectivity index (χ4v) is 11.6. The first kappa shape index (κ1) is 74.0. The van der Waals surface area contributed by atoms with E-state index in [9.17, 15) is 116 Å². The SMILES string of the molecule is CC(=O)N[C@@H]1[C@@H](O)[C@H](O[C@@H]2O[C@H](CO)[C@H](O)[C@H](O[C@@H]3O[C@H](CO)[C@@H](O[C@@H]4O[C@H](CO)[C@H](O)[C@H](O[C@@H]5O[C@H](CO)[C@@H](O[C@@H]6O[C@H](CO)[C@H](O)[C@@H](O[C@@H]7O[C@H](CO)[C@@H](O)[C@H](O)[C@H]7NC(C)=O)[C@H]6O)[C@H](O)[C@H]5NC(C)=O)[C@H]4O)[C@H](O)[C@H]3NC(C)=O)[C@H]2O)[C@@H](CO)O[C@H]1O. The number of carbonyl (C=O) groups excluding carboxylic acids is 4. The van der Waals surface area contributed by atoms with Gasteiger partial charge in [0.05, 0.1) is 46.2 Å². The van der Waals surface area contributed by atoms with Gasteiger partial charge in [-0.15, -0.1) is 0 Å². The third-order valence-corrected chi connectivity index (χ3v) is 16.2. The van der Waals surface area contributed by atoms with Gasteiger partial charge in [0, 0.05) is 27.7 Å². The van der Waals surface area contributed by atoms with Crippen molar-refractivity contribution in [2.24, 2.45) is 0 Å². The number of aliphatic hydroxyl groups is 19. The molecule has 7 aliphatic heterocycles. The zero-order chi connectivity index (χ0) is 66.5. The van der Waals surface area contributed by atoms with Crippen molar-refractivity contribution in [1.82, 2.24) is 21.3 Å². The van der Waals surface area contributed by atoms with Crippen molar-refractivity contribution in [1.29, 1.82) is 0 Å². The van der Waals surface area contributed by atoms with Crippen LogP contribution in [-0.2, 0) is 80.8 Å². The lowest BCUT2D eigenvalue weighted by Gasteiger charge is -2.51. The molecule has 7 saturated heterocycles. The molecule has 0 unspecified atom stereocenters. The van der Waals surface area contributed by atoms with Crippen molar-refractivity contribution < 1.29 is 178 Å². The molecule has 0 spiro atoms. The molecule has 7 fully saturated rings. The Morgan fingerprint density at radius 1 is 0.267 bits per heavy atom. The van der Waals surface area contributed by atoms with Crippen molar-refractivity contribution in [3.63, 3.8) is 0 Å². The summed E-state index contributed by atoms with van der Waals surface area (Å²) in [4.78, 5) is 49.5. The van der Waals surface area contributed by atoms with Crippen LogP contribution in [0.25, 0.3) is 0 Å². The topological polar surface area (TPSA) is 621 Å². The largest absolute Gasteiger partial charge is 0.394 e. The van der Waals surface area contributed by atoms with Gasteiger partial charge < -0.3 is 180 Å². The molecule has 0 saturated carbocycles. The Labute approximate surface area is 510 Å². The van der Waals surface area contributed by atoms with Gasteiger partial charge in [0.2, 0.25) is 23.6 Å². The van der Waals surface area contributed by atoms with Crippen molar-refractivity contribution in [3.8, 4) is 0 Å². The van der Waals surface area contributed by atoms with Crippen molar-refractivity contribution in [2.75, 3.05) is 46.2 Å². The summed E-state index contributed by atoms with van der Waals surface area (Å²) in [6.45, 7) is -3.05. The molecule has 0 bridgehead atoms. The monoisotopic (exact) mass is 1320 g/mol. The second-order valence-corrected chi connectivity index (χ2v) is 22.5. The molecule has 0 radical (unpaired) electrons. The van der Waals surface area contributed by atoms with Gasteiger partial charge in [-0.1, -0.05) is 0 Å². The van der Waals surface area contributed by atoms with E-state index in [1.54, 1.807) is 0 Å². The third-order valence-electron chi connectivity index (χ3n) is 16.2. The van der Waals surface area contributed by atoms with Gasteiger partial charge in [0.1, 0.15) is 171 Å². The lowest BCUT2D eigenvalue weighted by atomic mass is 9.93. The molecule has 35 atom stereocenters. The maximum Gasteiger partial charge on any atom is 0.217 e. The summed E-state index contributed by atoms with van der Waals surface area (Å²) < 4.78 is 75.3. The Morgan fingerprint density at radius 2 is 0.489 bits per heavy atom. The Bertz CT molecular complexity index is 2310. The molecule has 40 nitrogen and oxygen atoms in total. The molecule has 23 N–H and O–H groups in total. The number of hydrogen-bond acceptors (Lipinski definition) is 36. The number of aliphatic hydroxyl groups excluding tert-OH is 19. The smallest absolute Gasteiger partial charge is 0.217 e. The summed E-state index contributed by atoms with van der Waals surface area (Å²) >= 11 is 0. The first-order chi connectivity index (χ1) is 42.6. The highest BCUT2D eigenvalue weighted by Gasteiger charge is 2.59. The molecular formula is C50H84N4O36. The van der Waals surface area contributed by atoms with Gasteiger partial charge in [-0.3, -0.25) is 19.2 Å². The van der Waals surface area contributed by atoms with Crippen LogP contribution in [0.5, 0.6) is 0 Å². The summed E-state index contributed by atoms with van der Waals surface area (Å²) in [5, 5.41) is 218. The molecular weight excluding hydrogens is 1230 g/mol. The Balaban J connectivity index is 1.08. The molecule has 0 aliphatic carbocycles. The first-order valence-electron chi connectivity index (χ1n) is 28.6. The average Bonchev–Trinajstić information content (AvgIpc) is 0.794. The van der Waals surface area contributed by atoms with Gasteiger partial charge in [-0.05, 0) is 0 Å². The molecule has 0 aromatic heterocycles. The van der Waals surface area contributed by atoms with E-state index in [0.29, 0.717) is 0 Å². The highest BCUT2D eigenvalue weighted by Crippen LogP contribution is 2.38. The van der Waals surface area contributed by atoms with Gasteiger partial charge in [0.15, 0.2) is 44.0 Å². The second kappa shape index (κ2) is 32.4. The van der Waals surface area contributed by atoms with E-state index in [-0.39, 0.29) is 0 Å². The van der Waals surface area contributed by atoms with Crippen LogP contribution in [0, 0.1) is 0 Å². The van der Waals surface area contributed by atoms with E-state index >= 15 is 0 Å². The van der Waals surface area contributed by atoms with Crippen molar-refractivity contribution in [2.45, 2.75) is 242 Å². The van der Waals surface area contributed by atoms with Gasteiger partial charge in [0.25, 0.3) is 0 Å². The minimum atomic E-state index is -2.29. The van der Waals surface area contributed by atoms with Gasteiger partial charge in [-0.25, -0.2) is 0 Å². The zero-order valence-corrected chi connectivity index (χ0v) is 48.6. The van der Waals surface area contributed by atoms with Crippen molar-refractivity contribution in [3.05, 3.63) is 0 Å². The van der Waals surface area contributed by atoms with E-state index in [1.807, 2.05) is 0 Å². The van der Waals surface area contributed by atoms with E-state index < -0.39 is 285 Å². The number of amides is 4. The van der Waals surface area contributed by atoms with Crippen LogP contribution in [0.3, 0.4) is 0 Å². The first-order valence-corrected chi connectivity index (χ1v) is 28.6. The predicted octanol–water partition coefficient (Wildman–Crippen LogP) is -15.7. The van der Waals surface area contributed by atoms with Gasteiger partial charge >= 0.3 is 0 Å². The second-order valence-electron chi connectivity index (χ2n) is 22.5. The highest BCUT2D eigenvalue weighted by molar-refractivity contribution is 5.74. The predicted molar refractivity (Wildman–Crippen MR) is 278 cm³/mol. The maximum atomic E-state index is 12.8. The Morgan fingerprint density at radius 3 is 0.778 bits per heavy atom. The molecule has 7 rings (SSSR count). The molecule has 4 amide bonds. The molecule has 90 heavy (non-hydrogen) atoms. The van der Waals surface area contributed by atoms with Crippen LogP contribution in [0.4, 0.5) is 0 Å². The van der Waals surface area contributed by atoms with Crippen LogP contribution in [0.15, 0.2) is 0 Å². The van der Waals surface area contributed by atoms with E-state index in [2.05, 4.69) is 21.3 Å². The number of nitrogens with one attached hydrogen (secondary N) is 4. The Kier molecular flexibility index (Phi) is 26.6. The zero-order valence-electron chi connectivity index (χ0n) is 48.6. The minimum Gasteiger partial charge on any atom is -0.394 e. The molecule has 7 heterocycles. The summed E-state index contributed by atoms with van der Waals surface area (Å²) in [5.41, 5.74) is 0. The van der Waals surface area contributed by atoms with Crippen LogP contribution in [0.1, 0.15) is 27.7 Å². The van der Waals surface area contributed by atoms with Crippen LogP contribution in [-0.4, -0.2) is 382 Å². The fourth-order valence-electron chi connectivity index (χ4n) is 11.6. The molecule has 40 heteroatoms. The molecule has 0 aromatic rings. The van der Waals surface area contributed by atoms with Crippen molar-refractivity contribution >= 4 is 23.6 Å². The van der Waals surface area contributed by atoms with Gasteiger partial charge in [-0.2, -0.15) is 0 Å². The summed E-state index contributed by atoms with van der Waals surface area (Å²) in [6.07, 6.45) is -60.0. The van der Waals surface area contributed by atoms with Crippen LogP contribution in [0.2, 0.25) is 0 Å². The minimum absolute atomic E-state index is 0.728. The summed E-state index contributed by atoms with van der Waals surface area (Å²) in [7, 11) is 0. The summed E-state index contributed by atoms with van der Waals surface area (Å²) in [6, 6.07) is -6.87. The lowest BCUT2D eigenvalue weighted by molar-refractivity contribution is -0.387. The highest BCUT2D eigenvalue weighted by atomic mass is 16.8. The number of ether oxygens (including phenoxy) is 13. The van der Waals surface area contributed by atoms with Crippen LogP contribution < -0.4 is 21.3 Å². The number of rotatable bonds is 23. The standard InChI is InChI=1S/C50H84N4O36/c1-12(62)51-23-32(71)38(20(9-59)78-44(23)77)85-48-36(75)42(29(68)18(7-57)80-48)89-46-25(53-14(3)64)34(73)40(22(11-61)83-46)87-50-37(76)43(30(69)19(8-58)82-50)90-47-26(54-15(4)65)33(72)39(21(10-60)84-47)86-49-35(74)41(28(67)17(6-56)81-49)88-45-24(52-13(2)63)31(70)27(66)16(5-55)79-45/h16-50,55-61,66-77H,5-11H2,1-4H3,(H,51,62)(H,52,63)(H,53,64)(H,54,65)/t16-,17-,18-,19-,20-,21-,22-,23-,24-,25-,26-,27-,28+,29+,30+,31-,32-,33-,34-,35-,36-,37-,38-,39-,40-,41-,42+,43+,44-,45+,46+,47+,48+,49+,50+/m1/s1. The normalized spacial score (nSPS) is 47.6. The molecule has 520 valence electrons. The Hall–Kier alpha value is -3.40. The molecule has 0 aromatic carbocycles. The maximum absolute atomic E-state index is 12.8. The quantitative estimate of drug-likeness (QED) is 0.0452. The van der Waals surface area contributed by atoms with E-state index in [1.165, 1.54) is 0 Å². The number of carbonyl (C=O) groups is 4. The average molecular weight is 1320 g/mol.